The molecule has 1 saturated heterocycles. The van der Waals surface area contributed by atoms with Gasteiger partial charge in [0.2, 0.25) is 11.9 Å². The molecule has 1 aliphatic heterocycles. The minimum Gasteiger partial charge on any atom is -0.462 e. The average Bonchev–Trinajstić information content (AvgIpc) is 3.35. The number of anilines is 3. The number of morpholine rings is 1. The second kappa shape index (κ2) is 11.7. The number of esters is 1. The lowest BCUT2D eigenvalue weighted by atomic mass is 10.2. The molecule has 0 saturated carbocycles. The molecule has 4 aromatic rings. The molecule has 0 bridgehead atoms. The lowest BCUT2D eigenvalue weighted by Crippen LogP contribution is -2.36. The first-order valence-electron chi connectivity index (χ1n) is 12.6. The van der Waals surface area contributed by atoms with Crippen LogP contribution in [0.25, 0.3) is 21.6 Å². The first kappa shape index (κ1) is 26.4. The van der Waals surface area contributed by atoms with Crippen molar-refractivity contribution in [1.29, 1.82) is 0 Å². The number of amides is 1. The van der Waals surface area contributed by atoms with Crippen molar-refractivity contribution < 1.29 is 19.1 Å². The predicted molar refractivity (Wildman–Crippen MR) is 150 cm³/mol. The molecule has 1 fully saturated rings. The Labute approximate surface area is 229 Å². The number of rotatable bonds is 8. The quantitative estimate of drug-likeness (QED) is 0.326. The number of thiophene rings is 1. The third-order valence-electron chi connectivity index (χ3n) is 6.06. The summed E-state index contributed by atoms with van der Waals surface area (Å²) in [6.07, 6.45) is 2.96. The van der Waals surface area contributed by atoms with Gasteiger partial charge < -0.3 is 24.6 Å². The van der Waals surface area contributed by atoms with E-state index in [9.17, 15) is 9.59 Å². The number of carbonyl (C=O) groups excluding carboxylic acids is 2. The van der Waals surface area contributed by atoms with Gasteiger partial charge in [-0.1, -0.05) is 0 Å². The molecule has 5 rings (SSSR count). The molecule has 202 valence electrons. The van der Waals surface area contributed by atoms with E-state index in [-0.39, 0.29) is 5.91 Å². The maximum Gasteiger partial charge on any atom is 0.341 e. The van der Waals surface area contributed by atoms with Crippen LogP contribution in [0.15, 0.2) is 42.7 Å². The van der Waals surface area contributed by atoms with Gasteiger partial charge >= 0.3 is 5.97 Å². The Morgan fingerprint density at radius 2 is 1.85 bits per heavy atom. The van der Waals surface area contributed by atoms with Gasteiger partial charge in [0.1, 0.15) is 0 Å². The lowest BCUT2D eigenvalue weighted by Gasteiger charge is -2.28. The van der Waals surface area contributed by atoms with E-state index in [1.165, 1.54) is 19.3 Å². The summed E-state index contributed by atoms with van der Waals surface area (Å²) in [6, 6.07) is 9.59. The van der Waals surface area contributed by atoms with Gasteiger partial charge in [-0.15, -0.1) is 11.3 Å². The second-order valence-corrected chi connectivity index (χ2v) is 10.1. The molecule has 11 nitrogen and oxygen atoms in total. The highest BCUT2D eigenvalue weighted by molar-refractivity contribution is 7.19. The second-order valence-electron chi connectivity index (χ2n) is 9.00. The monoisotopic (exact) mass is 547 g/mol. The largest absolute Gasteiger partial charge is 0.462 e. The van der Waals surface area contributed by atoms with E-state index in [0.717, 1.165) is 45.3 Å². The Bertz CT molecular complexity index is 1470. The predicted octanol–water partition coefficient (Wildman–Crippen LogP) is 3.76. The van der Waals surface area contributed by atoms with E-state index < -0.39 is 5.97 Å². The van der Waals surface area contributed by atoms with Crippen LogP contribution >= 0.6 is 11.3 Å². The fourth-order valence-electron chi connectivity index (χ4n) is 4.21. The van der Waals surface area contributed by atoms with E-state index >= 15 is 0 Å². The molecule has 4 heterocycles. The molecule has 0 atom stereocenters. The van der Waals surface area contributed by atoms with Crippen LogP contribution < -0.4 is 15.1 Å². The van der Waals surface area contributed by atoms with Crippen LogP contribution in [0.3, 0.4) is 0 Å². The fourth-order valence-corrected chi connectivity index (χ4v) is 5.38. The summed E-state index contributed by atoms with van der Waals surface area (Å²) in [5, 5.41) is 2.79. The standard InChI is InChI=1S/C27H29N7O4S/c1-4-38-26(36)19-14-28-27(29-15-19)33(3)16-21-13-22-23(39-21)25(34-9-11-37-12-10-34)32-24(31-22)18-5-7-20(8-6-18)30-17(2)35/h5-8,13-15H,4,9-12,16H2,1-3H3,(H,30,35). The molecule has 1 amide bonds. The number of aromatic nitrogens is 4. The molecule has 1 aromatic carbocycles. The Morgan fingerprint density at radius 3 is 2.51 bits per heavy atom. The van der Waals surface area contributed by atoms with E-state index in [0.29, 0.717) is 43.7 Å². The van der Waals surface area contributed by atoms with E-state index in [1.54, 1.807) is 18.3 Å². The Kier molecular flexibility index (Phi) is 7.94. The first-order chi connectivity index (χ1) is 18.9. The fraction of sp³-hybridized carbons (Fsp3) is 0.333. The third-order valence-corrected chi connectivity index (χ3v) is 7.17. The molecule has 1 N–H and O–H groups in total. The van der Waals surface area contributed by atoms with E-state index in [2.05, 4.69) is 26.3 Å². The molecule has 12 heteroatoms. The number of benzene rings is 1. The Balaban J connectivity index is 1.44. The van der Waals surface area contributed by atoms with Crippen LogP contribution in [0.2, 0.25) is 0 Å². The molecular formula is C27H29N7O4S. The maximum absolute atomic E-state index is 11.9. The van der Waals surface area contributed by atoms with Crippen molar-refractivity contribution in [3.63, 3.8) is 0 Å². The van der Waals surface area contributed by atoms with Gasteiger partial charge in [-0.3, -0.25) is 4.79 Å². The van der Waals surface area contributed by atoms with Crippen molar-refractivity contribution in [3.8, 4) is 11.4 Å². The maximum atomic E-state index is 11.9. The Hall–Kier alpha value is -4.16. The number of fused-ring (bicyclic) bond motifs is 1. The van der Waals surface area contributed by atoms with Crippen LogP contribution in [0.1, 0.15) is 29.1 Å². The number of ether oxygens (including phenoxy) is 2. The summed E-state index contributed by atoms with van der Waals surface area (Å²) in [5.41, 5.74) is 2.76. The number of hydrogen-bond donors (Lipinski definition) is 1. The van der Waals surface area contributed by atoms with Crippen LogP contribution in [0.4, 0.5) is 17.5 Å². The number of hydrogen-bond acceptors (Lipinski definition) is 11. The smallest absolute Gasteiger partial charge is 0.341 e. The van der Waals surface area contributed by atoms with Crippen LogP contribution in [-0.4, -0.2) is 71.8 Å². The van der Waals surface area contributed by atoms with Crippen LogP contribution in [0, 0.1) is 0 Å². The van der Waals surface area contributed by atoms with Gasteiger partial charge in [0.05, 0.1) is 42.1 Å². The normalized spacial score (nSPS) is 13.4. The lowest BCUT2D eigenvalue weighted by molar-refractivity contribution is -0.114. The molecule has 3 aromatic heterocycles. The van der Waals surface area contributed by atoms with Crippen LogP contribution in [-0.2, 0) is 20.8 Å². The zero-order valence-corrected chi connectivity index (χ0v) is 22.8. The van der Waals surface area contributed by atoms with Gasteiger partial charge in [-0.05, 0) is 37.3 Å². The molecule has 0 aliphatic carbocycles. The topological polar surface area (TPSA) is 123 Å². The summed E-state index contributed by atoms with van der Waals surface area (Å²) in [4.78, 5) is 47.1. The van der Waals surface area contributed by atoms with Gasteiger partial charge in [0.25, 0.3) is 0 Å². The summed E-state index contributed by atoms with van der Waals surface area (Å²) in [6.45, 7) is 6.89. The molecule has 0 spiro atoms. The first-order valence-corrected chi connectivity index (χ1v) is 13.4. The van der Waals surface area contributed by atoms with Gasteiger partial charge in [-0.25, -0.2) is 24.7 Å². The van der Waals surface area contributed by atoms with Crippen molar-refractivity contribution in [2.24, 2.45) is 0 Å². The average molecular weight is 548 g/mol. The Morgan fingerprint density at radius 1 is 1.13 bits per heavy atom. The minimum absolute atomic E-state index is 0.119. The van der Waals surface area contributed by atoms with Crippen molar-refractivity contribution in [2.45, 2.75) is 20.4 Å². The SMILES string of the molecule is CCOC(=O)c1cnc(N(C)Cc2cc3nc(-c4ccc(NC(C)=O)cc4)nc(N4CCOCC4)c3s2)nc1. The van der Waals surface area contributed by atoms with E-state index in [1.807, 2.05) is 36.2 Å². The molecule has 0 unspecified atom stereocenters. The zero-order chi connectivity index (χ0) is 27.4. The molecular weight excluding hydrogens is 518 g/mol. The highest BCUT2D eigenvalue weighted by Crippen LogP contribution is 2.35. The molecule has 0 radical (unpaired) electrons. The van der Waals surface area contributed by atoms with E-state index in [4.69, 9.17) is 19.4 Å². The number of nitrogens with one attached hydrogen (secondary N) is 1. The van der Waals surface area contributed by atoms with Crippen molar-refractivity contribution in [2.75, 3.05) is 55.1 Å². The third kappa shape index (κ3) is 6.13. The summed E-state index contributed by atoms with van der Waals surface area (Å²) in [5.74, 6) is 1.45. The van der Waals surface area contributed by atoms with Crippen molar-refractivity contribution in [1.82, 2.24) is 19.9 Å². The van der Waals surface area contributed by atoms with Crippen LogP contribution in [0.5, 0.6) is 0 Å². The highest BCUT2D eigenvalue weighted by atomic mass is 32.1. The summed E-state index contributed by atoms with van der Waals surface area (Å²) >= 11 is 1.64. The zero-order valence-electron chi connectivity index (χ0n) is 22.0. The summed E-state index contributed by atoms with van der Waals surface area (Å²) < 4.78 is 11.6. The molecule has 1 aliphatic rings. The van der Waals surface area contributed by atoms with Gasteiger partial charge in [0, 0.05) is 55.6 Å². The van der Waals surface area contributed by atoms with Gasteiger partial charge in [-0.2, -0.15) is 0 Å². The van der Waals surface area contributed by atoms with Gasteiger partial charge in [0.15, 0.2) is 11.6 Å². The highest BCUT2D eigenvalue weighted by Gasteiger charge is 2.21. The minimum atomic E-state index is -0.439. The summed E-state index contributed by atoms with van der Waals surface area (Å²) in [7, 11) is 1.90. The van der Waals surface area contributed by atoms with Crippen molar-refractivity contribution >= 4 is 50.9 Å². The number of nitrogens with zero attached hydrogens (tertiary/aromatic N) is 6. The number of carbonyl (C=O) groups is 2. The van der Waals surface area contributed by atoms with Crippen molar-refractivity contribution in [3.05, 3.63) is 53.2 Å². The molecule has 39 heavy (non-hydrogen) atoms.